The van der Waals surface area contributed by atoms with E-state index in [1.54, 1.807) is 6.08 Å². The van der Waals surface area contributed by atoms with Gasteiger partial charge in [-0.05, 0) is 57.8 Å². The van der Waals surface area contributed by atoms with E-state index in [9.17, 15) is 19.4 Å². The van der Waals surface area contributed by atoms with Crippen LogP contribution >= 0.6 is 7.82 Å². The van der Waals surface area contributed by atoms with Gasteiger partial charge in [0.05, 0.1) is 39.9 Å². The zero-order valence-corrected chi connectivity index (χ0v) is 52.6. The predicted octanol–water partition coefficient (Wildman–Crippen LogP) is 20.2. The van der Waals surface area contributed by atoms with E-state index in [0.717, 1.165) is 64.2 Å². The third-order valence-corrected chi connectivity index (χ3v) is 15.9. The molecule has 0 fully saturated rings. The Morgan fingerprint density at radius 2 is 0.792 bits per heavy atom. The summed E-state index contributed by atoms with van der Waals surface area (Å²) in [4.78, 5) is 25.5. The molecule has 0 radical (unpaired) electrons. The van der Waals surface area contributed by atoms with Gasteiger partial charge in [-0.25, -0.2) is 0 Å². The number of allylic oxidation sites excluding steroid dienone is 9. The Kier molecular flexibility index (Phi) is 57.5. The number of carbonyl (C=O) groups is 1. The second-order valence-electron chi connectivity index (χ2n) is 23.8. The van der Waals surface area contributed by atoms with E-state index >= 15 is 0 Å². The summed E-state index contributed by atoms with van der Waals surface area (Å²) in [6, 6.07) is -0.885. The summed E-state index contributed by atoms with van der Waals surface area (Å²) in [5.41, 5.74) is 0. The third kappa shape index (κ3) is 61.7. The molecule has 0 aromatic rings. The highest BCUT2D eigenvalue weighted by Gasteiger charge is 2.23. The van der Waals surface area contributed by atoms with Crippen molar-refractivity contribution in [3.05, 3.63) is 60.8 Å². The first-order chi connectivity index (χ1) is 37.5. The molecule has 3 atom stereocenters. The Morgan fingerprint density at radius 1 is 0.468 bits per heavy atom. The number of aliphatic hydroxyl groups is 1. The normalized spacial score (nSPS) is 14.1. The van der Waals surface area contributed by atoms with Crippen LogP contribution in [0.15, 0.2) is 60.8 Å². The highest BCUT2D eigenvalue weighted by atomic mass is 31.2. The smallest absolute Gasteiger partial charge is 0.268 e. The van der Waals surface area contributed by atoms with E-state index in [4.69, 9.17) is 9.05 Å². The summed E-state index contributed by atoms with van der Waals surface area (Å²) in [6.07, 6.45) is 80.5. The molecule has 77 heavy (non-hydrogen) atoms. The minimum absolute atomic E-state index is 0.000409. The summed E-state index contributed by atoms with van der Waals surface area (Å²) in [6.45, 7) is 4.57. The lowest BCUT2D eigenvalue weighted by Crippen LogP contribution is -2.45. The lowest BCUT2D eigenvalue weighted by Gasteiger charge is -2.29. The number of hydrogen-bond acceptors (Lipinski definition) is 6. The van der Waals surface area contributed by atoms with Gasteiger partial charge in [0.1, 0.15) is 13.2 Å². The first-order valence-corrected chi connectivity index (χ1v) is 34.6. The Labute approximate surface area is 479 Å². The molecule has 0 heterocycles. The van der Waals surface area contributed by atoms with E-state index in [1.165, 1.54) is 231 Å². The van der Waals surface area contributed by atoms with Gasteiger partial charge < -0.3 is 28.8 Å². The number of carbonyl (C=O) groups excluding carboxylic acids is 1. The van der Waals surface area contributed by atoms with Gasteiger partial charge in [-0.1, -0.05) is 312 Å². The van der Waals surface area contributed by atoms with Gasteiger partial charge in [-0.2, -0.15) is 0 Å². The van der Waals surface area contributed by atoms with Crippen LogP contribution in [-0.2, 0) is 18.4 Å². The molecule has 452 valence electrons. The van der Waals surface area contributed by atoms with Crippen LogP contribution in [0, 0.1) is 0 Å². The van der Waals surface area contributed by atoms with Crippen LogP contribution in [0.5, 0.6) is 0 Å². The quantitative estimate of drug-likeness (QED) is 0.0272. The van der Waals surface area contributed by atoms with Gasteiger partial charge in [0.2, 0.25) is 5.91 Å². The molecular formula is C68H129N2O6P. The second-order valence-corrected chi connectivity index (χ2v) is 25.2. The van der Waals surface area contributed by atoms with Crippen LogP contribution in [0.1, 0.15) is 316 Å². The molecule has 0 bridgehead atoms. The van der Waals surface area contributed by atoms with Gasteiger partial charge in [0.15, 0.2) is 0 Å². The van der Waals surface area contributed by atoms with Crippen LogP contribution in [0.25, 0.3) is 0 Å². The number of phosphoric ester groups is 1. The van der Waals surface area contributed by atoms with Crippen LogP contribution in [0.3, 0.4) is 0 Å². The van der Waals surface area contributed by atoms with E-state index in [1.807, 2.05) is 27.2 Å². The lowest BCUT2D eigenvalue weighted by molar-refractivity contribution is -0.870. The van der Waals surface area contributed by atoms with E-state index in [0.29, 0.717) is 17.4 Å². The van der Waals surface area contributed by atoms with Gasteiger partial charge >= 0.3 is 0 Å². The van der Waals surface area contributed by atoms with Crippen LogP contribution in [0.2, 0.25) is 0 Å². The molecule has 0 saturated carbocycles. The first-order valence-electron chi connectivity index (χ1n) is 33.2. The topological polar surface area (TPSA) is 108 Å². The standard InChI is InChI=1S/C68H129N2O6P/c1-6-8-10-12-14-16-18-20-22-24-25-26-27-28-29-30-31-32-33-34-35-36-37-38-39-40-41-42-43-44-45-46-48-50-52-54-56-58-60-62-68(72)69-66(65-76-77(73,74)75-64-63-70(3,4)5)67(71)61-59-57-55-53-51-49-47-23-21-19-17-15-13-11-9-7-2/h8,10,14,16,20,22,25-26,59,61,66-67,71H,6-7,9,11-13,15,17-19,21,23-24,27-58,60,62-65H2,1-5H3,(H-,69,72,73,74)/b10-8-,16-14-,22-20-,26-25-,61-59+. The lowest BCUT2D eigenvalue weighted by atomic mass is 10.0. The average Bonchev–Trinajstić information content (AvgIpc) is 3.39. The summed E-state index contributed by atoms with van der Waals surface area (Å²) < 4.78 is 23.4. The molecule has 0 aliphatic carbocycles. The molecule has 0 aromatic carbocycles. The van der Waals surface area contributed by atoms with E-state index in [-0.39, 0.29) is 19.1 Å². The Hall–Kier alpha value is -1.80. The SMILES string of the molecule is CC/C=C\C/C=C\C/C=C\C/C=C\CCCCCCCCCCCCCCCCCCCCCCCCCCCCC(=O)NC(COP(=O)([O-])OCC[N+](C)(C)C)C(O)/C=C/CCCCCCCCCCCCCCCC. The van der Waals surface area contributed by atoms with Crippen molar-refractivity contribution in [2.75, 3.05) is 40.9 Å². The zero-order chi connectivity index (χ0) is 56.3. The number of amides is 1. The summed E-state index contributed by atoms with van der Waals surface area (Å²) in [5.74, 6) is -0.192. The molecule has 9 heteroatoms. The fourth-order valence-corrected chi connectivity index (χ4v) is 10.6. The molecule has 2 N–H and O–H groups in total. The summed E-state index contributed by atoms with van der Waals surface area (Å²) >= 11 is 0. The van der Waals surface area contributed by atoms with Crippen molar-refractivity contribution in [3.63, 3.8) is 0 Å². The van der Waals surface area contributed by atoms with Crippen molar-refractivity contribution < 1.29 is 32.9 Å². The highest BCUT2D eigenvalue weighted by Crippen LogP contribution is 2.38. The van der Waals surface area contributed by atoms with Crippen molar-refractivity contribution >= 4 is 13.7 Å². The predicted molar refractivity (Wildman–Crippen MR) is 334 cm³/mol. The molecule has 0 rings (SSSR count). The second kappa shape index (κ2) is 58.8. The number of hydrogen-bond donors (Lipinski definition) is 2. The maximum atomic E-state index is 13.0. The minimum Gasteiger partial charge on any atom is -0.756 e. The summed E-state index contributed by atoms with van der Waals surface area (Å²) in [7, 11) is 1.27. The maximum Gasteiger partial charge on any atom is 0.268 e. The van der Waals surface area contributed by atoms with Gasteiger partial charge in [0.25, 0.3) is 7.82 Å². The Balaban J connectivity index is 3.91. The number of nitrogens with one attached hydrogen (secondary N) is 1. The monoisotopic (exact) mass is 1100 g/mol. The van der Waals surface area contributed by atoms with Crippen molar-refractivity contribution in [1.29, 1.82) is 0 Å². The zero-order valence-electron chi connectivity index (χ0n) is 51.7. The fourth-order valence-electron chi connectivity index (χ4n) is 9.85. The molecule has 0 saturated heterocycles. The van der Waals surface area contributed by atoms with Crippen molar-refractivity contribution in [3.8, 4) is 0 Å². The minimum atomic E-state index is -4.60. The van der Waals surface area contributed by atoms with Crippen LogP contribution in [0.4, 0.5) is 0 Å². The van der Waals surface area contributed by atoms with Crippen LogP contribution in [-0.4, -0.2) is 68.5 Å². The fraction of sp³-hybridized carbons (Fsp3) is 0.838. The Morgan fingerprint density at radius 3 is 1.16 bits per heavy atom. The molecule has 1 amide bonds. The van der Waals surface area contributed by atoms with Gasteiger partial charge in [0, 0.05) is 6.42 Å². The van der Waals surface area contributed by atoms with Crippen molar-refractivity contribution in [2.45, 2.75) is 328 Å². The number of phosphoric acid groups is 1. The number of likely N-dealkylation sites (N-methyl/N-ethyl adjacent to an activating group) is 1. The number of rotatable bonds is 61. The van der Waals surface area contributed by atoms with Gasteiger partial charge in [-0.3, -0.25) is 9.36 Å². The Bertz CT molecular complexity index is 1440. The molecule has 0 spiro atoms. The molecule has 0 aromatic heterocycles. The number of quaternary nitrogens is 1. The number of nitrogens with zero attached hydrogens (tertiary/aromatic N) is 1. The number of aliphatic hydroxyl groups excluding tert-OH is 1. The van der Waals surface area contributed by atoms with E-state index < -0.39 is 20.0 Å². The molecular weight excluding hydrogens is 972 g/mol. The highest BCUT2D eigenvalue weighted by molar-refractivity contribution is 7.45. The third-order valence-electron chi connectivity index (χ3n) is 15.0. The largest absolute Gasteiger partial charge is 0.756 e. The first kappa shape index (κ1) is 75.2. The number of unbranched alkanes of at least 4 members (excludes halogenated alkanes) is 40. The van der Waals surface area contributed by atoms with Crippen molar-refractivity contribution in [2.24, 2.45) is 0 Å². The van der Waals surface area contributed by atoms with Crippen LogP contribution < -0.4 is 10.2 Å². The summed E-state index contributed by atoms with van der Waals surface area (Å²) in [5, 5.41) is 13.9. The molecule has 0 aliphatic rings. The average molecular weight is 1100 g/mol. The van der Waals surface area contributed by atoms with Gasteiger partial charge in [-0.15, -0.1) is 0 Å². The molecule has 0 aliphatic heterocycles. The van der Waals surface area contributed by atoms with Crippen molar-refractivity contribution in [1.82, 2.24) is 5.32 Å². The molecule has 8 nitrogen and oxygen atoms in total. The maximum absolute atomic E-state index is 13.0. The molecule has 3 unspecified atom stereocenters. The van der Waals surface area contributed by atoms with E-state index in [2.05, 4.69) is 67.8 Å².